The molecule has 2 aromatic rings. The van der Waals surface area contributed by atoms with Gasteiger partial charge in [-0.3, -0.25) is 9.36 Å². The minimum Gasteiger partial charge on any atom is -0.375 e. The highest BCUT2D eigenvalue weighted by Gasteiger charge is 2.33. The van der Waals surface area contributed by atoms with Crippen molar-refractivity contribution >= 4 is 5.91 Å². The summed E-state index contributed by atoms with van der Waals surface area (Å²) in [5.41, 5.74) is 1.35. The zero-order valence-electron chi connectivity index (χ0n) is 13.3. The van der Waals surface area contributed by atoms with Gasteiger partial charge in [-0.1, -0.05) is 12.1 Å². The largest absolute Gasteiger partial charge is 0.375 e. The number of hydrogen-bond donors (Lipinski definition) is 1. The molecule has 2 atom stereocenters. The average molecular weight is 315 g/mol. The molecule has 3 rings (SSSR count). The lowest BCUT2D eigenvalue weighted by molar-refractivity contribution is 0.0513. The Morgan fingerprint density at radius 1 is 1.30 bits per heavy atom. The lowest BCUT2D eigenvalue weighted by Gasteiger charge is -2.20. The first-order chi connectivity index (χ1) is 11.2. The fourth-order valence-corrected chi connectivity index (χ4v) is 2.95. The molecule has 7 heteroatoms. The number of para-hydroxylation sites is 1. The van der Waals surface area contributed by atoms with E-state index in [4.69, 9.17) is 4.74 Å². The third-order valence-corrected chi connectivity index (χ3v) is 3.99. The summed E-state index contributed by atoms with van der Waals surface area (Å²) in [7, 11) is 2.03. The standard InChI is InChI=1S/C16H21N5O2/c1-3-23-15-9-20(2)8-13(15)19-16(22)12-6-4-5-7-14(12)21-10-17-18-11-21/h4-7,10-11,13,15H,3,8-9H2,1-2H3,(H,19,22)/t13-,15-/m0/s1. The molecular weight excluding hydrogens is 294 g/mol. The lowest BCUT2D eigenvalue weighted by atomic mass is 10.1. The number of ether oxygens (including phenoxy) is 1. The Labute approximate surface area is 135 Å². The zero-order valence-corrected chi connectivity index (χ0v) is 13.3. The van der Waals surface area contributed by atoms with Crippen molar-refractivity contribution in [3.05, 3.63) is 42.5 Å². The van der Waals surface area contributed by atoms with Gasteiger partial charge in [-0.15, -0.1) is 10.2 Å². The molecule has 0 bridgehead atoms. The summed E-state index contributed by atoms with van der Waals surface area (Å²) < 4.78 is 7.48. The number of carbonyl (C=O) groups is 1. The van der Waals surface area contributed by atoms with Gasteiger partial charge in [0.1, 0.15) is 12.7 Å². The van der Waals surface area contributed by atoms with Crippen LogP contribution in [0.15, 0.2) is 36.9 Å². The number of amides is 1. The SMILES string of the molecule is CCO[C@H]1CN(C)C[C@@H]1NC(=O)c1ccccc1-n1cnnc1. The maximum atomic E-state index is 12.7. The quantitative estimate of drug-likeness (QED) is 0.880. The van der Waals surface area contributed by atoms with E-state index >= 15 is 0 Å². The Morgan fingerprint density at radius 2 is 2.04 bits per heavy atom. The van der Waals surface area contributed by atoms with Crippen LogP contribution in [0, 0.1) is 0 Å². The van der Waals surface area contributed by atoms with Gasteiger partial charge in [0.25, 0.3) is 5.91 Å². The van der Waals surface area contributed by atoms with Crippen molar-refractivity contribution in [3.63, 3.8) is 0 Å². The van der Waals surface area contributed by atoms with E-state index in [0.717, 1.165) is 18.8 Å². The van der Waals surface area contributed by atoms with Crippen LogP contribution >= 0.6 is 0 Å². The summed E-state index contributed by atoms with van der Waals surface area (Å²) in [6.45, 7) is 4.22. The van der Waals surface area contributed by atoms with Crippen LogP contribution < -0.4 is 5.32 Å². The first kappa shape index (κ1) is 15.6. The molecule has 0 radical (unpaired) electrons. The number of rotatable bonds is 5. The van der Waals surface area contributed by atoms with E-state index in [1.807, 2.05) is 32.2 Å². The molecule has 0 aliphatic carbocycles. The topological polar surface area (TPSA) is 72.3 Å². The molecule has 1 aliphatic heterocycles. The second kappa shape index (κ2) is 6.89. The van der Waals surface area contributed by atoms with Crippen LogP contribution in [0.3, 0.4) is 0 Å². The average Bonchev–Trinajstić information content (AvgIpc) is 3.18. The van der Waals surface area contributed by atoms with Crippen LogP contribution in [0.25, 0.3) is 5.69 Å². The Morgan fingerprint density at radius 3 is 2.78 bits per heavy atom. The van der Waals surface area contributed by atoms with Gasteiger partial charge in [0.05, 0.1) is 23.4 Å². The van der Waals surface area contributed by atoms with Crippen LogP contribution in [-0.2, 0) is 4.74 Å². The minimum atomic E-state index is -0.112. The number of nitrogens with zero attached hydrogens (tertiary/aromatic N) is 4. The van der Waals surface area contributed by atoms with Crippen molar-refractivity contribution in [2.45, 2.75) is 19.1 Å². The number of hydrogen-bond acceptors (Lipinski definition) is 5. The predicted molar refractivity (Wildman–Crippen MR) is 85.5 cm³/mol. The van der Waals surface area contributed by atoms with Crippen molar-refractivity contribution in [2.24, 2.45) is 0 Å². The molecule has 0 saturated carbocycles. The Balaban J connectivity index is 1.79. The fourth-order valence-electron chi connectivity index (χ4n) is 2.95. The second-order valence-electron chi connectivity index (χ2n) is 5.68. The Hall–Kier alpha value is -2.25. The van der Waals surface area contributed by atoms with Gasteiger partial charge >= 0.3 is 0 Å². The van der Waals surface area contributed by atoms with E-state index < -0.39 is 0 Å². The smallest absolute Gasteiger partial charge is 0.253 e. The van der Waals surface area contributed by atoms with Gasteiger partial charge in [0, 0.05) is 19.7 Å². The summed E-state index contributed by atoms with van der Waals surface area (Å²) in [6, 6.07) is 7.40. The molecule has 1 aromatic carbocycles. The van der Waals surface area contributed by atoms with Crippen molar-refractivity contribution in [1.29, 1.82) is 0 Å². The van der Waals surface area contributed by atoms with Crippen LogP contribution in [-0.4, -0.2) is 64.5 Å². The fraction of sp³-hybridized carbons (Fsp3) is 0.438. The summed E-state index contributed by atoms with van der Waals surface area (Å²) in [5, 5.41) is 10.7. The lowest BCUT2D eigenvalue weighted by Crippen LogP contribution is -2.44. The number of carbonyl (C=O) groups excluding carboxylic acids is 1. The molecule has 23 heavy (non-hydrogen) atoms. The van der Waals surface area contributed by atoms with Crippen LogP contribution in [0.2, 0.25) is 0 Å². The third kappa shape index (κ3) is 3.40. The summed E-state index contributed by atoms with van der Waals surface area (Å²) in [6.07, 6.45) is 3.19. The number of likely N-dealkylation sites (tertiary alicyclic amines) is 1. The van der Waals surface area contributed by atoms with Gasteiger partial charge in [-0.05, 0) is 26.1 Å². The van der Waals surface area contributed by atoms with E-state index in [9.17, 15) is 4.79 Å². The molecule has 1 saturated heterocycles. The van der Waals surface area contributed by atoms with E-state index in [1.165, 1.54) is 0 Å². The van der Waals surface area contributed by atoms with Gasteiger partial charge in [0.2, 0.25) is 0 Å². The predicted octanol–water partition coefficient (Wildman–Crippen LogP) is 0.716. The second-order valence-corrected chi connectivity index (χ2v) is 5.68. The summed E-state index contributed by atoms with van der Waals surface area (Å²) >= 11 is 0. The van der Waals surface area contributed by atoms with Crippen molar-refractivity contribution in [2.75, 3.05) is 26.7 Å². The summed E-state index contributed by atoms with van der Waals surface area (Å²) in [5.74, 6) is -0.112. The van der Waals surface area contributed by atoms with E-state index in [1.54, 1.807) is 23.3 Å². The number of likely N-dealkylation sites (N-methyl/N-ethyl adjacent to an activating group) is 1. The molecule has 2 heterocycles. The van der Waals surface area contributed by atoms with Gasteiger partial charge < -0.3 is 15.0 Å². The first-order valence-corrected chi connectivity index (χ1v) is 7.74. The number of benzene rings is 1. The minimum absolute atomic E-state index is 0.0126. The van der Waals surface area contributed by atoms with Crippen LogP contribution in [0.1, 0.15) is 17.3 Å². The van der Waals surface area contributed by atoms with E-state index in [-0.39, 0.29) is 18.1 Å². The molecule has 0 spiro atoms. The molecule has 122 valence electrons. The molecule has 1 aliphatic rings. The highest BCUT2D eigenvalue weighted by molar-refractivity contribution is 5.98. The Kier molecular flexibility index (Phi) is 4.68. The van der Waals surface area contributed by atoms with E-state index in [2.05, 4.69) is 20.4 Å². The number of nitrogens with one attached hydrogen (secondary N) is 1. The zero-order chi connectivity index (χ0) is 16.2. The maximum Gasteiger partial charge on any atom is 0.253 e. The molecule has 1 N–H and O–H groups in total. The normalized spacial score (nSPS) is 21.5. The molecule has 1 fully saturated rings. The molecule has 1 amide bonds. The summed E-state index contributed by atoms with van der Waals surface area (Å²) in [4.78, 5) is 14.9. The molecule has 0 unspecified atom stereocenters. The molecular formula is C16H21N5O2. The van der Waals surface area contributed by atoms with Gasteiger partial charge in [-0.2, -0.15) is 0 Å². The third-order valence-electron chi connectivity index (χ3n) is 3.99. The van der Waals surface area contributed by atoms with Crippen LogP contribution in [0.5, 0.6) is 0 Å². The van der Waals surface area contributed by atoms with Crippen molar-refractivity contribution in [3.8, 4) is 5.69 Å². The highest BCUT2D eigenvalue weighted by atomic mass is 16.5. The first-order valence-electron chi connectivity index (χ1n) is 7.74. The van der Waals surface area contributed by atoms with Crippen LogP contribution in [0.4, 0.5) is 0 Å². The van der Waals surface area contributed by atoms with Gasteiger partial charge in [0.15, 0.2) is 0 Å². The molecule has 1 aromatic heterocycles. The van der Waals surface area contributed by atoms with Gasteiger partial charge in [-0.25, -0.2) is 0 Å². The monoisotopic (exact) mass is 315 g/mol. The van der Waals surface area contributed by atoms with E-state index in [0.29, 0.717) is 12.2 Å². The van der Waals surface area contributed by atoms with Crippen molar-refractivity contribution < 1.29 is 9.53 Å². The molecule has 7 nitrogen and oxygen atoms in total. The Bertz CT molecular complexity index is 658. The number of aromatic nitrogens is 3. The van der Waals surface area contributed by atoms with Crippen molar-refractivity contribution in [1.82, 2.24) is 25.0 Å². The maximum absolute atomic E-state index is 12.7. The highest BCUT2D eigenvalue weighted by Crippen LogP contribution is 2.16.